The van der Waals surface area contributed by atoms with Crippen molar-refractivity contribution in [2.75, 3.05) is 23.8 Å². The predicted molar refractivity (Wildman–Crippen MR) is 77.0 cm³/mol. The zero-order valence-corrected chi connectivity index (χ0v) is 11.7. The quantitative estimate of drug-likeness (QED) is 0.759. The molecule has 1 aromatic carbocycles. The molecule has 6 nitrogen and oxygen atoms in total. The number of amides is 2. The molecule has 2 amide bonds. The SMILES string of the molecule is CCNC(C)CC(=O)Nc1ccc2c(c1)NC(=O)CO2. The van der Waals surface area contributed by atoms with Crippen LogP contribution in [0, 0.1) is 0 Å². The van der Waals surface area contributed by atoms with Gasteiger partial charge in [0.05, 0.1) is 5.69 Å². The molecule has 0 saturated carbocycles. The van der Waals surface area contributed by atoms with Gasteiger partial charge in [0.2, 0.25) is 5.91 Å². The first-order valence-electron chi connectivity index (χ1n) is 6.68. The van der Waals surface area contributed by atoms with Gasteiger partial charge in [0.25, 0.3) is 5.91 Å². The summed E-state index contributed by atoms with van der Waals surface area (Å²) in [6.45, 7) is 4.82. The number of hydrogen-bond acceptors (Lipinski definition) is 4. The van der Waals surface area contributed by atoms with Crippen LogP contribution >= 0.6 is 0 Å². The Balaban J connectivity index is 1.98. The van der Waals surface area contributed by atoms with Crippen molar-refractivity contribution < 1.29 is 14.3 Å². The minimum Gasteiger partial charge on any atom is -0.482 e. The number of fused-ring (bicyclic) bond motifs is 1. The van der Waals surface area contributed by atoms with Crippen LogP contribution in [0.15, 0.2) is 18.2 Å². The molecule has 0 radical (unpaired) electrons. The molecule has 1 aromatic rings. The number of rotatable bonds is 5. The lowest BCUT2D eigenvalue weighted by molar-refractivity contribution is -0.118. The molecule has 20 heavy (non-hydrogen) atoms. The van der Waals surface area contributed by atoms with Gasteiger partial charge in [-0.15, -0.1) is 0 Å². The van der Waals surface area contributed by atoms with Crippen LogP contribution in [0.4, 0.5) is 11.4 Å². The van der Waals surface area contributed by atoms with E-state index in [9.17, 15) is 9.59 Å². The smallest absolute Gasteiger partial charge is 0.262 e. The lowest BCUT2D eigenvalue weighted by Gasteiger charge is -2.19. The summed E-state index contributed by atoms with van der Waals surface area (Å²) >= 11 is 0. The Morgan fingerprint density at radius 1 is 1.50 bits per heavy atom. The summed E-state index contributed by atoms with van der Waals surface area (Å²) in [5.41, 5.74) is 1.22. The first kappa shape index (κ1) is 14.3. The lowest BCUT2D eigenvalue weighted by atomic mass is 10.2. The van der Waals surface area contributed by atoms with E-state index in [1.165, 1.54) is 0 Å². The van der Waals surface area contributed by atoms with Crippen LogP contribution in [0.5, 0.6) is 5.75 Å². The monoisotopic (exact) mass is 277 g/mol. The van der Waals surface area contributed by atoms with Gasteiger partial charge in [0.15, 0.2) is 6.61 Å². The molecule has 1 aliphatic rings. The number of ether oxygens (including phenoxy) is 1. The topological polar surface area (TPSA) is 79.5 Å². The number of carbonyl (C=O) groups is 2. The standard InChI is InChI=1S/C14H19N3O3/c1-3-15-9(2)6-13(18)16-10-4-5-12-11(7-10)17-14(19)8-20-12/h4-5,7,9,15H,3,6,8H2,1-2H3,(H,16,18)(H,17,19). The van der Waals surface area contributed by atoms with Crippen molar-refractivity contribution in [3.05, 3.63) is 18.2 Å². The van der Waals surface area contributed by atoms with Crippen molar-refractivity contribution in [3.63, 3.8) is 0 Å². The van der Waals surface area contributed by atoms with Crippen LogP contribution in [0.1, 0.15) is 20.3 Å². The minimum atomic E-state index is -0.193. The molecule has 6 heteroatoms. The zero-order chi connectivity index (χ0) is 14.5. The highest BCUT2D eigenvalue weighted by atomic mass is 16.5. The van der Waals surface area contributed by atoms with Crippen molar-refractivity contribution in [1.29, 1.82) is 0 Å². The Bertz CT molecular complexity index is 516. The van der Waals surface area contributed by atoms with Gasteiger partial charge < -0.3 is 20.7 Å². The molecule has 1 heterocycles. The van der Waals surface area contributed by atoms with Gasteiger partial charge in [-0.25, -0.2) is 0 Å². The van der Waals surface area contributed by atoms with E-state index in [2.05, 4.69) is 16.0 Å². The van der Waals surface area contributed by atoms with Gasteiger partial charge >= 0.3 is 0 Å². The molecule has 0 fully saturated rings. The molecule has 108 valence electrons. The summed E-state index contributed by atoms with van der Waals surface area (Å²) in [5, 5.41) is 8.70. The van der Waals surface area contributed by atoms with E-state index in [0.29, 0.717) is 23.5 Å². The summed E-state index contributed by atoms with van der Waals surface area (Å²) in [6, 6.07) is 5.31. The molecule has 1 atom stereocenters. The number of carbonyl (C=O) groups excluding carboxylic acids is 2. The van der Waals surface area contributed by atoms with Crippen LogP contribution in [-0.2, 0) is 9.59 Å². The largest absolute Gasteiger partial charge is 0.482 e. The van der Waals surface area contributed by atoms with E-state index in [4.69, 9.17) is 4.74 Å². The van der Waals surface area contributed by atoms with Crippen LogP contribution in [-0.4, -0.2) is 31.0 Å². The summed E-state index contributed by atoms with van der Waals surface area (Å²) in [4.78, 5) is 23.1. The second-order valence-electron chi connectivity index (χ2n) is 4.76. The Morgan fingerprint density at radius 3 is 3.05 bits per heavy atom. The van der Waals surface area contributed by atoms with Crippen LogP contribution in [0.25, 0.3) is 0 Å². The van der Waals surface area contributed by atoms with Crippen molar-refractivity contribution in [1.82, 2.24) is 5.32 Å². The minimum absolute atomic E-state index is 0.0267. The molecule has 0 aliphatic carbocycles. The molecule has 1 unspecified atom stereocenters. The average molecular weight is 277 g/mol. The first-order chi connectivity index (χ1) is 9.58. The number of benzene rings is 1. The third-order valence-corrected chi connectivity index (χ3v) is 2.94. The van der Waals surface area contributed by atoms with Crippen LogP contribution in [0.2, 0.25) is 0 Å². The summed E-state index contributed by atoms with van der Waals surface area (Å²) in [6.07, 6.45) is 0.397. The highest BCUT2D eigenvalue weighted by Crippen LogP contribution is 2.30. The van der Waals surface area contributed by atoms with E-state index < -0.39 is 0 Å². The highest BCUT2D eigenvalue weighted by Gasteiger charge is 2.16. The van der Waals surface area contributed by atoms with Gasteiger partial charge in [-0.3, -0.25) is 9.59 Å². The molecule has 0 saturated heterocycles. The fraction of sp³-hybridized carbons (Fsp3) is 0.429. The maximum absolute atomic E-state index is 11.9. The molecule has 0 aromatic heterocycles. The second-order valence-corrected chi connectivity index (χ2v) is 4.76. The van der Waals surface area contributed by atoms with Gasteiger partial charge in [0.1, 0.15) is 5.75 Å². The molecular formula is C14H19N3O3. The highest BCUT2D eigenvalue weighted by molar-refractivity contribution is 5.97. The zero-order valence-electron chi connectivity index (χ0n) is 11.7. The summed E-state index contributed by atoms with van der Waals surface area (Å²) < 4.78 is 5.26. The third-order valence-electron chi connectivity index (χ3n) is 2.94. The fourth-order valence-electron chi connectivity index (χ4n) is 2.07. The summed E-state index contributed by atoms with van der Waals surface area (Å²) in [5.74, 6) is 0.354. The molecule has 1 aliphatic heterocycles. The number of nitrogens with one attached hydrogen (secondary N) is 3. The average Bonchev–Trinajstić information content (AvgIpc) is 2.38. The fourth-order valence-corrected chi connectivity index (χ4v) is 2.07. The van der Waals surface area contributed by atoms with Crippen molar-refractivity contribution in [3.8, 4) is 5.75 Å². The molecule has 0 spiro atoms. The molecule has 2 rings (SSSR count). The molecule has 3 N–H and O–H groups in total. The first-order valence-corrected chi connectivity index (χ1v) is 6.68. The van der Waals surface area contributed by atoms with E-state index >= 15 is 0 Å². The van der Waals surface area contributed by atoms with Gasteiger partial charge in [-0.05, 0) is 31.7 Å². The Hall–Kier alpha value is -2.08. The lowest BCUT2D eigenvalue weighted by Crippen LogP contribution is -2.30. The Labute approximate surface area is 117 Å². The maximum atomic E-state index is 11.9. The third kappa shape index (κ3) is 3.71. The molecular weight excluding hydrogens is 258 g/mol. The number of anilines is 2. The Kier molecular flexibility index (Phi) is 4.57. The van der Waals surface area contributed by atoms with Gasteiger partial charge in [0, 0.05) is 18.2 Å². The van der Waals surface area contributed by atoms with Crippen molar-refractivity contribution in [2.24, 2.45) is 0 Å². The van der Waals surface area contributed by atoms with E-state index in [0.717, 1.165) is 6.54 Å². The number of hydrogen-bond donors (Lipinski definition) is 3. The maximum Gasteiger partial charge on any atom is 0.262 e. The van der Waals surface area contributed by atoms with Crippen LogP contribution in [0.3, 0.4) is 0 Å². The normalized spacial score (nSPS) is 14.8. The second kappa shape index (κ2) is 6.38. The van der Waals surface area contributed by atoms with Crippen molar-refractivity contribution >= 4 is 23.2 Å². The Morgan fingerprint density at radius 2 is 2.30 bits per heavy atom. The van der Waals surface area contributed by atoms with E-state index in [1.807, 2.05) is 13.8 Å². The van der Waals surface area contributed by atoms with E-state index in [1.54, 1.807) is 18.2 Å². The summed E-state index contributed by atoms with van der Waals surface area (Å²) in [7, 11) is 0. The predicted octanol–water partition coefficient (Wildman–Crippen LogP) is 1.34. The molecule has 0 bridgehead atoms. The van der Waals surface area contributed by atoms with Crippen molar-refractivity contribution in [2.45, 2.75) is 26.3 Å². The van der Waals surface area contributed by atoms with Gasteiger partial charge in [-0.2, -0.15) is 0 Å². The van der Waals surface area contributed by atoms with Crippen LogP contribution < -0.4 is 20.7 Å². The van der Waals surface area contributed by atoms with E-state index in [-0.39, 0.29) is 24.5 Å². The van der Waals surface area contributed by atoms with Gasteiger partial charge in [-0.1, -0.05) is 6.92 Å².